The van der Waals surface area contributed by atoms with Crippen LogP contribution in [0.15, 0.2) is 6.30 Å². The molecule has 0 amide bonds. The molecular formula is C14H21N5O3. The smallest absolute Gasteiger partial charge is 0.167 e. The summed E-state index contributed by atoms with van der Waals surface area (Å²) >= 11 is 0. The van der Waals surface area contributed by atoms with Gasteiger partial charge in [-0.15, -0.1) is 0 Å². The lowest BCUT2D eigenvalue weighted by Crippen LogP contribution is -2.34. The Labute approximate surface area is 130 Å². The number of nitrogens with zero attached hydrogens (tertiary/aromatic N) is 4. The number of nitrogens with one attached hydrogen (secondary N) is 1. The van der Waals surface area contributed by atoms with Gasteiger partial charge in [-0.2, -0.15) is 0 Å². The molecule has 22 heavy (non-hydrogen) atoms. The van der Waals surface area contributed by atoms with Crippen molar-refractivity contribution >= 4 is 17.0 Å². The number of hydrogen-bond acceptors (Lipinski definition) is 7. The van der Waals surface area contributed by atoms with Gasteiger partial charge < -0.3 is 19.5 Å². The zero-order valence-corrected chi connectivity index (χ0v) is 13.3. The van der Waals surface area contributed by atoms with Crippen molar-refractivity contribution in [1.82, 2.24) is 19.5 Å². The zero-order chi connectivity index (χ0) is 16.7. The number of aryl methyl sites for hydroxylation is 1. The molecule has 1 aliphatic rings. The number of aromatic nitrogens is 4. The molecule has 2 aromatic rings. The topological polar surface area (TPSA) is 83.3 Å². The fraction of sp³-hybridized carbons (Fsp3) is 0.643. The molecular weight excluding hydrogens is 286 g/mol. The van der Waals surface area contributed by atoms with Crippen LogP contribution in [-0.2, 0) is 14.2 Å². The molecule has 4 unspecified atom stereocenters. The summed E-state index contributed by atoms with van der Waals surface area (Å²) < 4.78 is 26.9. The Balaban J connectivity index is 2.16. The van der Waals surface area contributed by atoms with Crippen LogP contribution in [0.25, 0.3) is 11.2 Å². The highest BCUT2D eigenvalue weighted by atomic mass is 16.6. The van der Waals surface area contributed by atoms with Crippen molar-refractivity contribution in [1.29, 1.82) is 0 Å². The van der Waals surface area contributed by atoms with Gasteiger partial charge in [-0.3, -0.25) is 4.57 Å². The summed E-state index contributed by atoms with van der Waals surface area (Å²) in [6, 6.07) is 0. The standard InChI is InChI=1S/C14H21N5O3/c1-7-10(20-4)11(21-5)14(22-7)19-6-16-9-12(15-3)17-8(2)18-13(9)19/h6-7,10-11,14H,1-5H3,(H,15,17,18)/i6T. The van der Waals surface area contributed by atoms with E-state index in [1.165, 1.54) is 0 Å². The second kappa shape index (κ2) is 5.79. The molecule has 0 aliphatic carbocycles. The molecule has 4 atom stereocenters. The van der Waals surface area contributed by atoms with E-state index < -0.39 is 6.23 Å². The Bertz CT molecular complexity index is 722. The molecule has 1 saturated heterocycles. The minimum Gasteiger partial charge on any atom is -0.376 e. The average Bonchev–Trinajstić information content (AvgIpc) is 3.01. The molecule has 0 bridgehead atoms. The summed E-state index contributed by atoms with van der Waals surface area (Å²) in [5, 5.41) is 2.99. The van der Waals surface area contributed by atoms with Gasteiger partial charge in [-0.1, -0.05) is 0 Å². The van der Waals surface area contributed by atoms with E-state index in [2.05, 4.69) is 20.3 Å². The van der Waals surface area contributed by atoms with Crippen LogP contribution in [0.3, 0.4) is 0 Å². The van der Waals surface area contributed by atoms with Crippen LogP contribution in [0.1, 0.15) is 20.3 Å². The fourth-order valence-electron chi connectivity index (χ4n) is 2.91. The number of methoxy groups -OCH3 is 2. The summed E-state index contributed by atoms with van der Waals surface area (Å²) in [7, 11) is 4.99. The largest absolute Gasteiger partial charge is 0.376 e. The summed E-state index contributed by atoms with van der Waals surface area (Å²) in [6.45, 7) is 3.72. The molecule has 0 saturated carbocycles. The average molecular weight is 309 g/mol. The van der Waals surface area contributed by atoms with Gasteiger partial charge in [0.2, 0.25) is 0 Å². The lowest BCUT2D eigenvalue weighted by molar-refractivity contribution is -0.0507. The monoisotopic (exact) mass is 309 g/mol. The van der Waals surface area contributed by atoms with E-state index in [0.717, 1.165) is 0 Å². The van der Waals surface area contributed by atoms with E-state index in [-0.39, 0.29) is 24.6 Å². The van der Waals surface area contributed by atoms with E-state index in [9.17, 15) is 0 Å². The van der Waals surface area contributed by atoms with Crippen LogP contribution < -0.4 is 5.32 Å². The Morgan fingerprint density at radius 2 is 2.05 bits per heavy atom. The zero-order valence-electron chi connectivity index (χ0n) is 14.3. The van der Waals surface area contributed by atoms with Gasteiger partial charge in [0, 0.05) is 21.3 Å². The number of hydrogen-bond donors (Lipinski definition) is 1. The van der Waals surface area contributed by atoms with Crippen LogP contribution in [-0.4, -0.2) is 59.1 Å². The predicted octanol–water partition coefficient (Wildman–Crippen LogP) is 1.12. The number of imidazole rings is 1. The van der Waals surface area contributed by atoms with Crippen LogP contribution in [0.5, 0.6) is 0 Å². The van der Waals surface area contributed by atoms with Gasteiger partial charge in [0.25, 0.3) is 0 Å². The minimum absolute atomic E-state index is 0.0485. The first kappa shape index (κ1) is 13.9. The fourth-order valence-corrected chi connectivity index (χ4v) is 2.91. The third-order valence-corrected chi connectivity index (χ3v) is 3.93. The van der Waals surface area contributed by atoms with Gasteiger partial charge in [0.1, 0.15) is 19.4 Å². The maximum Gasteiger partial charge on any atom is 0.167 e. The molecule has 3 heterocycles. The maximum atomic E-state index is 8.24. The molecule has 0 aromatic carbocycles. The van der Waals surface area contributed by atoms with E-state index in [0.29, 0.717) is 22.8 Å². The van der Waals surface area contributed by atoms with Crippen LogP contribution in [0.2, 0.25) is 0 Å². The van der Waals surface area contributed by atoms with Crippen molar-refractivity contribution in [3.05, 3.63) is 12.1 Å². The SMILES string of the molecule is [3H]c1nc2c(NC)nc(C)nc2n1C1OC(C)C(OC)C1OC. The Morgan fingerprint density at radius 1 is 1.32 bits per heavy atom. The van der Waals surface area contributed by atoms with Crippen molar-refractivity contribution in [2.24, 2.45) is 0 Å². The van der Waals surface area contributed by atoms with Crippen molar-refractivity contribution in [3.63, 3.8) is 0 Å². The molecule has 1 N–H and O–H groups in total. The van der Waals surface area contributed by atoms with Crippen LogP contribution in [0.4, 0.5) is 5.82 Å². The quantitative estimate of drug-likeness (QED) is 0.906. The molecule has 8 heteroatoms. The number of anilines is 1. The second-order valence-corrected chi connectivity index (χ2v) is 5.26. The van der Waals surface area contributed by atoms with E-state index >= 15 is 0 Å². The molecule has 1 fully saturated rings. The molecule has 8 nitrogen and oxygen atoms in total. The Morgan fingerprint density at radius 3 is 2.68 bits per heavy atom. The Hall–Kier alpha value is -1.77. The Kier molecular flexibility index (Phi) is 3.65. The summed E-state index contributed by atoms with van der Waals surface area (Å²) in [5.41, 5.74) is 1.08. The highest BCUT2D eigenvalue weighted by Crippen LogP contribution is 2.35. The number of ether oxygens (including phenoxy) is 3. The summed E-state index contributed by atoms with van der Waals surface area (Å²) in [4.78, 5) is 13.0. The molecule has 0 spiro atoms. The van der Waals surface area contributed by atoms with Gasteiger partial charge in [-0.05, 0) is 13.8 Å². The van der Waals surface area contributed by atoms with E-state index in [1.807, 2.05) is 6.92 Å². The molecule has 3 rings (SSSR count). The van der Waals surface area contributed by atoms with Gasteiger partial charge in [0.05, 0.1) is 12.4 Å². The maximum absolute atomic E-state index is 8.24. The summed E-state index contributed by atoms with van der Waals surface area (Å²) in [6.07, 6.45) is -1.24. The molecule has 1 aliphatic heterocycles. The minimum atomic E-state index is -0.531. The van der Waals surface area contributed by atoms with Crippen molar-refractivity contribution in [3.8, 4) is 0 Å². The lowest BCUT2D eigenvalue weighted by atomic mass is 10.1. The second-order valence-electron chi connectivity index (χ2n) is 5.26. The first-order chi connectivity index (χ1) is 11.0. The van der Waals surface area contributed by atoms with E-state index in [4.69, 9.17) is 15.6 Å². The predicted molar refractivity (Wildman–Crippen MR) is 80.8 cm³/mol. The molecule has 2 aromatic heterocycles. The highest BCUT2D eigenvalue weighted by Gasteiger charge is 2.44. The lowest BCUT2D eigenvalue weighted by Gasteiger charge is -2.21. The molecule has 0 radical (unpaired) electrons. The van der Waals surface area contributed by atoms with E-state index in [1.54, 1.807) is 32.8 Å². The third kappa shape index (κ3) is 2.23. The van der Waals surface area contributed by atoms with Crippen molar-refractivity contribution in [2.45, 2.75) is 38.4 Å². The van der Waals surface area contributed by atoms with Gasteiger partial charge >= 0.3 is 0 Å². The first-order valence-electron chi connectivity index (χ1n) is 7.63. The number of fused-ring (bicyclic) bond motifs is 1. The number of rotatable bonds is 4. The van der Waals surface area contributed by atoms with Crippen molar-refractivity contribution < 1.29 is 15.6 Å². The molecule has 120 valence electrons. The van der Waals surface area contributed by atoms with Crippen LogP contribution >= 0.6 is 0 Å². The third-order valence-electron chi connectivity index (χ3n) is 3.93. The van der Waals surface area contributed by atoms with Crippen LogP contribution in [0, 0.1) is 6.92 Å². The first-order valence-corrected chi connectivity index (χ1v) is 7.13. The van der Waals surface area contributed by atoms with Gasteiger partial charge in [0.15, 0.2) is 23.2 Å². The van der Waals surface area contributed by atoms with Crippen molar-refractivity contribution in [2.75, 3.05) is 26.6 Å². The summed E-state index contributed by atoms with van der Waals surface area (Å²) in [5.74, 6) is 1.18. The highest BCUT2D eigenvalue weighted by molar-refractivity contribution is 5.82. The normalized spacial score (nSPS) is 29.0. The van der Waals surface area contributed by atoms with Gasteiger partial charge in [-0.25, -0.2) is 15.0 Å².